The number of fused-ring (bicyclic) bond motifs is 1. The molecule has 0 atom stereocenters. The lowest BCUT2D eigenvalue weighted by Gasteiger charge is -2.18. The van der Waals surface area contributed by atoms with E-state index in [4.69, 9.17) is 0 Å². The Bertz CT molecular complexity index is 886. The van der Waals surface area contributed by atoms with Crippen molar-refractivity contribution in [3.8, 4) is 0 Å². The van der Waals surface area contributed by atoms with E-state index in [9.17, 15) is 13.6 Å². The lowest BCUT2D eigenvalue weighted by atomic mass is 10.2. The summed E-state index contributed by atoms with van der Waals surface area (Å²) >= 11 is 0. The van der Waals surface area contributed by atoms with Gasteiger partial charge in [-0.15, -0.1) is 0 Å². The molecule has 0 fully saturated rings. The number of benzene rings is 2. The molecule has 0 spiro atoms. The van der Waals surface area contributed by atoms with Gasteiger partial charge in [-0.25, -0.2) is 8.78 Å². The second kappa shape index (κ2) is 5.83. The van der Waals surface area contributed by atoms with Crippen molar-refractivity contribution < 1.29 is 13.6 Å². The third-order valence-corrected chi connectivity index (χ3v) is 3.96. The number of aryl methyl sites for hydroxylation is 1. The molecule has 5 heteroatoms. The van der Waals surface area contributed by atoms with Crippen LogP contribution < -0.4 is 0 Å². The fourth-order valence-electron chi connectivity index (χ4n) is 2.68. The van der Waals surface area contributed by atoms with Crippen LogP contribution in [-0.2, 0) is 13.6 Å². The number of hydrogen-bond donors (Lipinski definition) is 0. The Labute approximate surface area is 132 Å². The number of rotatable bonds is 3. The van der Waals surface area contributed by atoms with Crippen molar-refractivity contribution >= 4 is 16.8 Å². The van der Waals surface area contributed by atoms with E-state index >= 15 is 0 Å². The van der Waals surface area contributed by atoms with Gasteiger partial charge in [0.05, 0.1) is 5.52 Å². The van der Waals surface area contributed by atoms with E-state index in [1.807, 2.05) is 0 Å². The van der Waals surface area contributed by atoms with E-state index < -0.39 is 0 Å². The standard InChI is InChI=1S/C18H16F2N2O/c1-21(11-12-6-3-4-7-14(12)19)18(23)17-10-13-15(20)8-5-9-16(13)22(17)2/h3-10H,11H2,1-2H3. The predicted molar refractivity (Wildman–Crippen MR) is 85.1 cm³/mol. The van der Waals surface area contributed by atoms with Crippen molar-refractivity contribution in [2.45, 2.75) is 6.54 Å². The number of carbonyl (C=O) groups is 1. The zero-order valence-electron chi connectivity index (χ0n) is 12.9. The van der Waals surface area contributed by atoms with Gasteiger partial charge in [0.1, 0.15) is 17.3 Å². The third kappa shape index (κ3) is 2.70. The van der Waals surface area contributed by atoms with Crippen molar-refractivity contribution in [2.75, 3.05) is 7.05 Å². The maximum Gasteiger partial charge on any atom is 0.270 e. The topological polar surface area (TPSA) is 25.2 Å². The van der Waals surface area contributed by atoms with Crippen molar-refractivity contribution in [1.29, 1.82) is 0 Å². The van der Waals surface area contributed by atoms with Gasteiger partial charge in [0.25, 0.3) is 5.91 Å². The van der Waals surface area contributed by atoms with E-state index in [0.717, 1.165) is 0 Å². The molecule has 0 saturated carbocycles. The van der Waals surface area contributed by atoms with Gasteiger partial charge in [0, 0.05) is 31.6 Å². The van der Waals surface area contributed by atoms with Crippen LogP contribution in [0, 0.1) is 11.6 Å². The van der Waals surface area contributed by atoms with Gasteiger partial charge in [0.15, 0.2) is 0 Å². The fraction of sp³-hybridized carbons (Fsp3) is 0.167. The average Bonchev–Trinajstić information content (AvgIpc) is 2.87. The van der Waals surface area contributed by atoms with Crippen molar-refractivity contribution in [3.05, 3.63) is 71.4 Å². The molecule has 0 unspecified atom stereocenters. The summed E-state index contributed by atoms with van der Waals surface area (Å²) in [6, 6.07) is 12.6. The Morgan fingerprint density at radius 2 is 1.78 bits per heavy atom. The molecule has 1 heterocycles. The van der Waals surface area contributed by atoms with Crippen LogP contribution in [0.15, 0.2) is 48.5 Å². The molecule has 3 nitrogen and oxygen atoms in total. The summed E-state index contributed by atoms with van der Waals surface area (Å²) in [4.78, 5) is 14.0. The van der Waals surface area contributed by atoms with E-state index in [-0.39, 0.29) is 24.1 Å². The summed E-state index contributed by atoms with van der Waals surface area (Å²) in [6.45, 7) is 0.148. The molecular weight excluding hydrogens is 298 g/mol. The second-order valence-corrected chi connectivity index (χ2v) is 5.51. The predicted octanol–water partition coefficient (Wildman–Crippen LogP) is 3.73. The first kappa shape index (κ1) is 15.2. The summed E-state index contributed by atoms with van der Waals surface area (Å²) in [5, 5.41) is 0.401. The summed E-state index contributed by atoms with van der Waals surface area (Å²) in [6.07, 6.45) is 0. The van der Waals surface area contributed by atoms with Gasteiger partial charge in [-0.05, 0) is 24.3 Å². The molecule has 0 aliphatic heterocycles. The first-order valence-corrected chi connectivity index (χ1v) is 7.22. The number of hydrogen-bond acceptors (Lipinski definition) is 1. The second-order valence-electron chi connectivity index (χ2n) is 5.51. The molecule has 0 N–H and O–H groups in total. The van der Waals surface area contributed by atoms with Gasteiger partial charge >= 0.3 is 0 Å². The molecule has 2 aromatic carbocycles. The van der Waals surface area contributed by atoms with Gasteiger partial charge in [-0.2, -0.15) is 0 Å². The van der Waals surface area contributed by atoms with Crippen molar-refractivity contribution in [1.82, 2.24) is 9.47 Å². The van der Waals surface area contributed by atoms with E-state index in [1.165, 1.54) is 23.1 Å². The van der Waals surface area contributed by atoms with Crippen LogP contribution in [0.1, 0.15) is 16.1 Å². The highest BCUT2D eigenvalue weighted by Crippen LogP contribution is 2.23. The molecule has 0 bridgehead atoms. The maximum absolute atomic E-state index is 13.9. The minimum atomic E-state index is -0.367. The number of nitrogens with zero attached hydrogens (tertiary/aromatic N) is 2. The largest absolute Gasteiger partial charge is 0.340 e. The molecule has 0 aliphatic carbocycles. The third-order valence-electron chi connectivity index (χ3n) is 3.96. The zero-order valence-corrected chi connectivity index (χ0v) is 12.9. The van der Waals surface area contributed by atoms with Gasteiger partial charge in [-0.3, -0.25) is 4.79 Å². The highest BCUT2D eigenvalue weighted by Gasteiger charge is 2.19. The first-order valence-electron chi connectivity index (χ1n) is 7.22. The van der Waals surface area contributed by atoms with Crippen LogP contribution in [0.3, 0.4) is 0 Å². The number of amides is 1. The van der Waals surface area contributed by atoms with Crippen LogP contribution in [0.4, 0.5) is 8.78 Å². The average molecular weight is 314 g/mol. The van der Waals surface area contributed by atoms with E-state index in [1.54, 1.807) is 49.0 Å². The van der Waals surface area contributed by atoms with Crippen LogP contribution in [0.5, 0.6) is 0 Å². The van der Waals surface area contributed by atoms with Crippen molar-refractivity contribution in [2.24, 2.45) is 7.05 Å². The highest BCUT2D eigenvalue weighted by molar-refractivity contribution is 5.98. The van der Waals surface area contributed by atoms with Crippen LogP contribution in [-0.4, -0.2) is 22.4 Å². The Morgan fingerprint density at radius 1 is 1.09 bits per heavy atom. The normalized spacial score (nSPS) is 11.0. The molecule has 23 heavy (non-hydrogen) atoms. The van der Waals surface area contributed by atoms with Gasteiger partial charge < -0.3 is 9.47 Å². The van der Waals surface area contributed by atoms with Gasteiger partial charge in [-0.1, -0.05) is 24.3 Å². The molecule has 3 aromatic rings. The Balaban J connectivity index is 1.92. The SMILES string of the molecule is CN(Cc1ccccc1F)C(=O)c1cc2c(F)cccc2n1C. The minimum Gasteiger partial charge on any atom is -0.340 e. The smallest absolute Gasteiger partial charge is 0.270 e. The number of aromatic nitrogens is 1. The van der Waals surface area contributed by atoms with Crippen molar-refractivity contribution in [3.63, 3.8) is 0 Å². The quantitative estimate of drug-likeness (QED) is 0.723. The molecule has 0 radical (unpaired) electrons. The Morgan fingerprint density at radius 3 is 2.48 bits per heavy atom. The summed E-state index contributed by atoms with van der Waals surface area (Å²) in [7, 11) is 3.31. The molecule has 1 aromatic heterocycles. The first-order chi connectivity index (χ1) is 11.0. The number of halogens is 2. The lowest BCUT2D eigenvalue weighted by molar-refractivity contribution is 0.0775. The molecule has 0 aliphatic rings. The molecule has 3 rings (SSSR count). The van der Waals surface area contributed by atoms with Crippen LogP contribution >= 0.6 is 0 Å². The summed E-state index contributed by atoms with van der Waals surface area (Å²) in [5.74, 6) is -1.00. The van der Waals surface area contributed by atoms with E-state index in [0.29, 0.717) is 22.2 Å². The molecule has 1 amide bonds. The monoisotopic (exact) mass is 314 g/mol. The molecule has 0 saturated heterocycles. The van der Waals surface area contributed by atoms with E-state index in [2.05, 4.69) is 0 Å². The Kier molecular flexibility index (Phi) is 3.86. The van der Waals surface area contributed by atoms with Gasteiger partial charge in [0.2, 0.25) is 0 Å². The molecular formula is C18H16F2N2O. The number of carbonyl (C=O) groups excluding carboxylic acids is 1. The fourth-order valence-corrected chi connectivity index (χ4v) is 2.68. The highest BCUT2D eigenvalue weighted by atomic mass is 19.1. The zero-order chi connectivity index (χ0) is 16.6. The minimum absolute atomic E-state index is 0.148. The lowest BCUT2D eigenvalue weighted by Crippen LogP contribution is -2.28. The molecule has 118 valence electrons. The van der Waals surface area contributed by atoms with Crippen LogP contribution in [0.2, 0.25) is 0 Å². The summed E-state index contributed by atoms with van der Waals surface area (Å²) < 4.78 is 29.2. The van der Waals surface area contributed by atoms with Crippen LogP contribution in [0.25, 0.3) is 10.9 Å². The summed E-state index contributed by atoms with van der Waals surface area (Å²) in [5.41, 5.74) is 1.45. The maximum atomic E-state index is 13.9. The Hall–Kier alpha value is -2.69.